The smallest absolute Gasteiger partial charge is 0.0845 e. The average molecular weight is 303 g/mol. The second kappa shape index (κ2) is 6.76. The van der Waals surface area contributed by atoms with E-state index in [9.17, 15) is 5.11 Å². The monoisotopic (exact) mass is 303 g/mol. The van der Waals surface area contributed by atoms with Crippen molar-refractivity contribution < 1.29 is 5.11 Å². The fourth-order valence-corrected chi connectivity index (χ4v) is 2.81. The van der Waals surface area contributed by atoms with E-state index in [4.69, 9.17) is 0 Å². The Balaban J connectivity index is 1.93. The van der Waals surface area contributed by atoms with E-state index in [1.54, 1.807) is 0 Å². The van der Waals surface area contributed by atoms with Gasteiger partial charge in [0.2, 0.25) is 0 Å². The molecule has 0 fully saturated rings. The van der Waals surface area contributed by atoms with Crippen molar-refractivity contribution in [3.63, 3.8) is 0 Å². The second-order valence-electron chi connectivity index (χ2n) is 5.87. The van der Waals surface area contributed by atoms with Crippen LogP contribution < -0.4 is 0 Å². The lowest BCUT2D eigenvalue weighted by atomic mass is 9.97. The van der Waals surface area contributed by atoms with Gasteiger partial charge in [-0.15, -0.1) is 0 Å². The highest BCUT2D eigenvalue weighted by atomic mass is 16.3. The van der Waals surface area contributed by atoms with Crippen LogP contribution in [-0.2, 0) is 6.42 Å². The van der Waals surface area contributed by atoms with Gasteiger partial charge in [0, 0.05) is 17.8 Å². The summed E-state index contributed by atoms with van der Waals surface area (Å²) in [6, 6.07) is 22.2. The number of rotatable bonds is 4. The molecule has 2 aromatic carbocycles. The number of hydrogen-bond donors (Lipinski definition) is 1. The molecule has 0 aliphatic carbocycles. The standard InChI is InChI=1S/C21H21NO/c1-15-16(2)22-19(13-20(15)17-9-5-3-6-10-17)14-21(23)18-11-7-4-8-12-18/h3-13,21,23H,14H2,1-2H3. The summed E-state index contributed by atoms with van der Waals surface area (Å²) in [6.07, 6.45) is -0.0141. The first-order valence-corrected chi connectivity index (χ1v) is 7.90. The third-order valence-corrected chi connectivity index (χ3v) is 4.24. The van der Waals surface area contributed by atoms with Crippen LogP contribution in [0, 0.1) is 13.8 Å². The maximum absolute atomic E-state index is 10.5. The van der Waals surface area contributed by atoms with Gasteiger partial charge in [-0.1, -0.05) is 60.7 Å². The first kappa shape index (κ1) is 15.4. The van der Waals surface area contributed by atoms with E-state index in [0.29, 0.717) is 6.42 Å². The van der Waals surface area contributed by atoms with E-state index in [-0.39, 0.29) is 0 Å². The van der Waals surface area contributed by atoms with E-state index in [1.807, 2.05) is 55.5 Å². The lowest BCUT2D eigenvalue weighted by Gasteiger charge is -2.15. The van der Waals surface area contributed by atoms with Crippen molar-refractivity contribution in [2.75, 3.05) is 0 Å². The van der Waals surface area contributed by atoms with Crippen LogP contribution >= 0.6 is 0 Å². The minimum absolute atomic E-state index is 0.519. The van der Waals surface area contributed by atoms with Crippen LogP contribution in [0.2, 0.25) is 0 Å². The number of nitrogens with zero attached hydrogens (tertiary/aromatic N) is 1. The number of aryl methyl sites for hydroxylation is 1. The zero-order valence-corrected chi connectivity index (χ0v) is 13.5. The number of benzene rings is 2. The van der Waals surface area contributed by atoms with Crippen LogP contribution in [0.3, 0.4) is 0 Å². The lowest BCUT2D eigenvalue weighted by Crippen LogP contribution is -2.05. The Hall–Kier alpha value is -2.45. The van der Waals surface area contributed by atoms with E-state index in [2.05, 4.69) is 30.1 Å². The molecule has 0 aliphatic heterocycles. The molecule has 1 aromatic heterocycles. The molecule has 3 aromatic rings. The number of pyridine rings is 1. The van der Waals surface area contributed by atoms with Crippen molar-refractivity contribution in [2.24, 2.45) is 0 Å². The normalized spacial score (nSPS) is 12.1. The van der Waals surface area contributed by atoms with Gasteiger partial charge >= 0.3 is 0 Å². The number of aliphatic hydroxyl groups excluding tert-OH is 1. The second-order valence-corrected chi connectivity index (χ2v) is 5.87. The summed E-state index contributed by atoms with van der Waals surface area (Å²) in [5.41, 5.74) is 6.42. The van der Waals surface area contributed by atoms with E-state index < -0.39 is 6.10 Å². The molecule has 2 nitrogen and oxygen atoms in total. The Bertz CT molecular complexity index is 782. The molecule has 0 bridgehead atoms. The predicted octanol–water partition coefficient (Wildman–Crippen LogP) is 4.64. The summed E-state index contributed by atoms with van der Waals surface area (Å²) in [6.45, 7) is 4.13. The Morgan fingerprint density at radius 3 is 2.17 bits per heavy atom. The molecule has 23 heavy (non-hydrogen) atoms. The molecule has 1 unspecified atom stereocenters. The molecule has 0 radical (unpaired) electrons. The summed E-state index contributed by atoms with van der Waals surface area (Å²) >= 11 is 0. The van der Waals surface area contributed by atoms with Gasteiger partial charge in [-0.05, 0) is 42.2 Å². The molecule has 0 aliphatic rings. The summed E-state index contributed by atoms with van der Waals surface area (Å²) in [5.74, 6) is 0. The van der Waals surface area contributed by atoms with Crippen LogP contribution in [0.15, 0.2) is 66.7 Å². The highest BCUT2D eigenvalue weighted by molar-refractivity contribution is 5.68. The number of hydrogen-bond acceptors (Lipinski definition) is 2. The van der Waals surface area contributed by atoms with Gasteiger partial charge in [-0.3, -0.25) is 4.98 Å². The van der Waals surface area contributed by atoms with Crippen molar-refractivity contribution in [2.45, 2.75) is 26.4 Å². The van der Waals surface area contributed by atoms with Gasteiger partial charge in [0.15, 0.2) is 0 Å². The van der Waals surface area contributed by atoms with Crippen molar-refractivity contribution in [3.8, 4) is 11.1 Å². The highest BCUT2D eigenvalue weighted by Gasteiger charge is 2.13. The molecular formula is C21H21NO. The fraction of sp³-hybridized carbons (Fsp3) is 0.190. The molecular weight excluding hydrogens is 282 g/mol. The molecule has 116 valence electrons. The summed E-state index contributed by atoms with van der Waals surface area (Å²) in [4.78, 5) is 4.66. The van der Waals surface area contributed by atoms with E-state index in [0.717, 1.165) is 17.0 Å². The Morgan fingerprint density at radius 1 is 0.913 bits per heavy atom. The molecule has 0 amide bonds. The topological polar surface area (TPSA) is 33.1 Å². The molecule has 0 saturated carbocycles. The summed E-state index contributed by atoms with van der Waals surface area (Å²) in [5, 5.41) is 10.5. The summed E-state index contributed by atoms with van der Waals surface area (Å²) in [7, 11) is 0. The maximum Gasteiger partial charge on any atom is 0.0845 e. The minimum atomic E-state index is -0.533. The maximum atomic E-state index is 10.5. The molecule has 1 heterocycles. The van der Waals surface area contributed by atoms with Gasteiger partial charge in [0.05, 0.1) is 6.10 Å². The fourth-order valence-electron chi connectivity index (χ4n) is 2.81. The third-order valence-electron chi connectivity index (χ3n) is 4.24. The Morgan fingerprint density at radius 2 is 1.52 bits per heavy atom. The predicted molar refractivity (Wildman–Crippen MR) is 94.3 cm³/mol. The number of aromatic nitrogens is 1. The summed E-state index contributed by atoms with van der Waals surface area (Å²) < 4.78 is 0. The first-order chi connectivity index (χ1) is 11.1. The van der Waals surface area contributed by atoms with Crippen LogP contribution in [0.5, 0.6) is 0 Å². The Kier molecular flexibility index (Phi) is 4.54. The molecule has 1 N–H and O–H groups in total. The van der Waals surface area contributed by atoms with Gasteiger partial charge < -0.3 is 5.11 Å². The van der Waals surface area contributed by atoms with E-state index in [1.165, 1.54) is 16.7 Å². The third kappa shape index (κ3) is 3.49. The van der Waals surface area contributed by atoms with Crippen LogP contribution in [-0.4, -0.2) is 10.1 Å². The van der Waals surface area contributed by atoms with Crippen LogP contribution in [0.1, 0.15) is 28.6 Å². The highest BCUT2D eigenvalue weighted by Crippen LogP contribution is 2.27. The van der Waals surface area contributed by atoms with E-state index >= 15 is 0 Å². The van der Waals surface area contributed by atoms with Crippen molar-refractivity contribution in [1.82, 2.24) is 4.98 Å². The molecule has 2 heteroatoms. The average Bonchev–Trinajstić information content (AvgIpc) is 2.59. The largest absolute Gasteiger partial charge is 0.388 e. The van der Waals surface area contributed by atoms with Gasteiger partial charge in [-0.25, -0.2) is 0 Å². The van der Waals surface area contributed by atoms with Crippen molar-refractivity contribution in [3.05, 3.63) is 89.2 Å². The van der Waals surface area contributed by atoms with Gasteiger partial charge in [0.1, 0.15) is 0 Å². The van der Waals surface area contributed by atoms with Crippen LogP contribution in [0.4, 0.5) is 0 Å². The van der Waals surface area contributed by atoms with Gasteiger partial charge in [0.25, 0.3) is 0 Å². The number of aliphatic hydroxyl groups is 1. The van der Waals surface area contributed by atoms with Crippen LogP contribution in [0.25, 0.3) is 11.1 Å². The SMILES string of the molecule is Cc1nc(CC(O)c2ccccc2)cc(-c2ccccc2)c1C. The first-order valence-electron chi connectivity index (χ1n) is 7.90. The molecule has 0 saturated heterocycles. The lowest BCUT2D eigenvalue weighted by molar-refractivity contribution is 0.177. The Labute approximate surface area is 137 Å². The zero-order valence-electron chi connectivity index (χ0n) is 13.5. The van der Waals surface area contributed by atoms with Gasteiger partial charge in [-0.2, -0.15) is 0 Å². The quantitative estimate of drug-likeness (QED) is 0.761. The zero-order chi connectivity index (χ0) is 16.2. The minimum Gasteiger partial charge on any atom is -0.388 e. The van der Waals surface area contributed by atoms with Crippen molar-refractivity contribution in [1.29, 1.82) is 0 Å². The molecule has 1 atom stereocenters. The molecule has 0 spiro atoms. The molecule has 3 rings (SSSR count). The van der Waals surface area contributed by atoms with Crippen molar-refractivity contribution >= 4 is 0 Å².